The van der Waals surface area contributed by atoms with Crippen molar-refractivity contribution in [2.24, 2.45) is 0 Å². The van der Waals surface area contributed by atoms with E-state index >= 15 is 0 Å². The molecule has 0 aliphatic heterocycles. The fraction of sp³-hybridized carbons (Fsp3) is 0.667. The van der Waals surface area contributed by atoms with Crippen LogP contribution in [0.4, 0.5) is 0 Å². The fourth-order valence-corrected chi connectivity index (χ4v) is 0.846. The Morgan fingerprint density at radius 3 is 2.50 bits per heavy atom. The lowest BCUT2D eigenvalue weighted by molar-refractivity contribution is 0.0974. The van der Waals surface area contributed by atoms with Crippen LogP contribution in [0.2, 0.25) is 0 Å². The van der Waals surface area contributed by atoms with Crippen molar-refractivity contribution < 1.29 is 10.2 Å². The van der Waals surface area contributed by atoms with Gasteiger partial charge in [0.1, 0.15) is 0 Å². The minimum absolute atomic E-state index is 0.324. The van der Waals surface area contributed by atoms with Crippen molar-refractivity contribution in [1.29, 1.82) is 0 Å². The molecule has 2 atom stereocenters. The molecule has 0 aromatic heterocycles. The summed E-state index contributed by atoms with van der Waals surface area (Å²) in [4.78, 5) is 0. The van der Waals surface area contributed by atoms with Crippen LogP contribution in [0.1, 0.15) is 12.8 Å². The Balaban J connectivity index is 2.42. The molecule has 2 nitrogen and oxygen atoms in total. The topological polar surface area (TPSA) is 40.5 Å². The molecule has 1 aliphatic carbocycles. The van der Waals surface area contributed by atoms with E-state index in [0.717, 1.165) is 0 Å². The monoisotopic (exact) mass is 114 g/mol. The number of rotatable bonds is 0. The molecule has 1 aliphatic rings. The van der Waals surface area contributed by atoms with Crippen LogP contribution in [0.5, 0.6) is 0 Å². The Labute approximate surface area is 48.5 Å². The zero-order valence-corrected chi connectivity index (χ0v) is 4.62. The lowest BCUT2D eigenvalue weighted by Crippen LogP contribution is -2.18. The van der Waals surface area contributed by atoms with Crippen LogP contribution in [-0.2, 0) is 0 Å². The third-order valence-corrected chi connectivity index (χ3v) is 1.28. The first-order valence-electron chi connectivity index (χ1n) is 2.82. The van der Waals surface area contributed by atoms with Crippen LogP contribution >= 0.6 is 0 Å². The van der Waals surface area contributed by atoms with Crippen molar-refractivity contribution in [2.75, 3.05) is 0 Å². The van der Waals surface area contributed by atoms with Crippen LogP contribution < -0.4 is 0 Å². The molecule has 0 bridgehead atoms. The maximum absolute atomic E-state index is 8.87. The molecule has 0 heterocycles. The van der Waals surface area contributed by atoms with Crippen molar-refractivity contribution in [1.82, 2.24) is 0 Å². The molecule has 0 amide bonds. The number of aliphatic hydroxyl groups excluding tert-OH is 2. The third-order valence-electron chi connectivity index (χ3n) is 1.28. The normalized spacial score (nSPS) is 37.8. The van der Waals surface area contributed by atoms with Gasteiger partial charge in [0.05, 0.1) is 12.2 Å². The fourth-order valence-electron chi connectivity index (χ4n) is 0.846. The van der Waals surface area contributed by atoms with Gasteiger partial charge in [0.2, 0.25) is 0 Å². The summed E-state index contributed by atoms with van der Waals surface area (Å²) in [6.07, 6.45) is 3.97. The summed E-state index contributed by atoms with van der Waals surface area (Å²) >= 11 is 0. The predicted octanol–water partition coefficient (Wildman–Crippen LogP) is 0.0582. The Morgan fingerprint density at radius 1 is 1.38 bits per heavy atom. The molecular weight excluding hydrogens is 104 g/mol. The van der Waals surface area contributed by atoms with E-state index in [4.69, 9.17) is 10.2 Å². The quantitative estimate of drug-likeness (QED) is 0.437. The number of aliphatic hydroxyl groups is 2. The van der Waals surface area contributed by atoms with E-state index in [0.29, 0.717) is 12.8 Å². The molecular formula is C6H10O2. The molecule has 0 unspecified atom stereocenters. The largest absolute Gasteiger partial charge is 0.393 e. The second-order valence-electron chi connectivity index (χ2n) is 2.12. The predicted molar refractivity (Wildman–Crippen MR) is 30.4 cm³/mol. The Morgan fingerprint density at radius 2 is 2.12 bits per heavy atom. The molecule has 0 spiro atoms. The van der Waals surface area contributed by atoms with Gasteiger partial charge in [-0.15, -0.1) is 0 Å². The van der Waals surface area contributed by atoms with Gasteiger partial charge in [-0.1, -0.05) is 12.2 Å². The van der Waals surface area contributed by atoms with Crippen LogP contribution in [-0.4, -0.2) is 22.4 Å². The number of hydrogen-bond donors (Lipinski definition) is 2. The third kappa shape index (κ3) is 1.32. The summed E-state index contributed by atoms with van der Waals surface area (Å²) in [5, 5.41) is 17.7. The molecule has 46 valence electrons. The first-order chi connectivity index (χ1) is 3.79. The van der Waals surface area contributed by atoms with Crippen LogP contribution in [0, 0.1) is 0 Å². The molecule has 8 heavy (non-hydrogen) atoms. The molecule has 0 fully saturated rings. The molecule has 0 radical (unpaired) electrons. The zero-order valence-electron chi connectivity index (χ0n) is 4.62. The van der Waals surface area contributed by atoms with Crippen molar-refractivity contribution >= 4 is 0 Å². The Bertz CT molecular complexity index is 98.7. The highest BCUT2D eigenvalue weighted by Gasteiger charge is 2.11. The molecule has 2 heteroatoms. The molecule has 0 aromatic carbocycles. The van der Waals surface area contributed by atoms with E-state index in [9.17, 15) is 0 Å². The van der Waals surface area contributed by atoms with E-state index in [1.165, 1.54) is 0 Å². The standard InChI is InChI=1S/C6H10O2/c7-5-2-1-3-6(8)4-5/h1-2,5-8H,3-4H2/t5-,6+/m0/s1. The summed E-state index contributed by atoms with van der Waals surface area (Å²) in [6, 6.07) is 0. The summed E-state index contributed by atoms with van der Waals surface area (Å²) < 4.78 is 0. The second-order valence-corrected chi connectivity index (χ2v) is 2.12. The van der Waals surface area contributed by atoms with E-state index in [2.05, 4.69) is 0 Å². The smallest absolute Gasteiger partial charge is 0.0745 e. The molecule has 2 N–H and O–H groups in total. The summed E-state index contributed by atoms with van der Waals surface area (Å²) in [7, 11) is 0. The van der Waals surface area contributed by atoms with Gasteiger partial charge >= 0.3 is 0 Å². The summed E-state index contributed by atoms with van der Waals surface area (Å²) in [6.45, 7) is 0. The van der Waals surface area contributed by atoms with E-state index in [1.807, 2.05) is 0 Å². The van der Waals surface area contributed by atoms with Gasteiger partial charge in [0, 0.05) is 6.42 Å². The molecule has 1 rings (SSSR count). The molecule has 0 saturated heterocycles. The maximum atomic E-state index is 8.87. The van der Waals surface area contributed by atoms with Gasteiger partial charge < -0.3 is 10.2 Å². The lowest BCUT2D eigenvalue weighted by atomic mass is 10.0. The SMILES string of the molecule is O[C@@H]1CC=C[C@H](O)C1. The second kappa shape index (κ2) is 2.29. The first kappa shape index (κ1) is 5.79. The van der Waals surface area contributed by atoms with Gasteiger partial charge in [0.15, 0.2) is 0 Å². The maximum Gasteiger partial charge on any atom is 0.0745 e. The molecule has 0 saturated carbocycles. The highest BCUT2D eigenvalue weighted by atomic mass is 16.3. The van der Waals surface area contributed by atoms with Crippen molar-refractivity contribution in [2.45, 2.75) is 25.0 Å². The van der Waals surface area contributed by atoms with Gasteiger partial charge in [-0.3, -0.25) is 0 Å². The Hall–Kier alpha value is -0.340. The highest BCUT2D eigenvalue weighted by molar-refractivity contribution is 4.96. The van der Waals surface area contributed by atoms with Gasteiger partial charge in [-0.05, 0) is 6.42 Å². The van der Waals surface area contributed by atoms with E-state index in [1.54, 1.807) is 12.2 Å². The average Bonchev–Trinajstić information content (AvgIpc) is 1.64. The average molecular weight is 114 g/mol. The first-order valence-corrected chi connectivity index (χ1v) is 2.82. The minimum atomic E-state index is -0.418. The van der Waals surface area contributed by atoms with Crippen LogP contribution in [0.25, 0.3) is 0 Å². The van der Waals surface area contributed by atoms with Crippen molar-refractivity contribution in [3.63, 3.8) is 0 Å². The van der Waals surface area contributed by atoms with E-state index in [-0.39, 0.29) is 6.10 Å². The van der Waals surface area contributed by atoms with E-state index < -0.39 is 6.10 Å². The minimum Gasteiger partial charge on any atom is -0.393 e. The van der Waals surface area contributed by atoms with Gasteiger partial charge in [0.25, 0.3) is 0 Å². The summed E-state index contributed by atoms with van der Waals surface area (Å²) in [5.41, 5.74) is 0. The highest BCUT2D eigenvalue weighted by Crippen LogP contribution is 2.10. The van der Waals surface area contributed by atoms with Gasteiger partial charge in [-0.25, -0.2) is 0 Å². The van der Waals surface area contributed by atoms with Crippen LogP contribution in [0.3, 0.4) is 0 Å². The molecule has 0 aromatic rings. The van der Waals surface area contributed by atoms with Crippen LogP contribution in [0.15, 0.2) is 12.2 Å². The zero-order chi connectivity index (χ0) is 5.98. The van der Waals surface area contributed by atoms with Crippen molar-refractivity contribution in [3.8, 4) is 0 Å². The van der Waals surface area contributed by atoms with Crippen molar-refractivity contribution in [3.05, 3.63) is 12.2 Å². The Kier molecular flexibility index (Phi) is 1.65. The number of hydrogen-bond acceptors (Lipinski definition) is 2. The summed E-state index contributed by atoms with van der Waals surface area (Å²) in [5.74, 6) is 0. The lowest BCUT2D eigenvalue weighted by Gasteiger charge is -2.15. The van der Waals surface area contributed by atoms with Gasteiger partial charge in [-0.2, -0.15) is 0 Å².